The van der Waals surface area contributed by atoms with Crippen LogP contribution in [0.1, 0.15) is 30.2 Å². The van der Waals surface area contributed by atoms with Gasteiger partial charge in [-0.3, -0.25) is 0 Å². The quantitative estimate of drug-likeness (QED) is 0.835. The summed E-state index contributed by atoms with van der Waals surface area (Å²) < 4.78 is 0. The summed E-state index contributed by atoms with van der Waals surface area (Å²) in [7, 11) is 0. The molecule has 0 atom stereocenters. The van der Waals surface area contributed by atoms with Gasteiger partial charge in [0.15, 0.2) is 0 Å². The average Bonchev–Trinajstić information content (AvgIpc) is 2.66. The Kier molecular flexibility index (Phi) is 3.14. The van der Waals surface area contributed by atoms with E-state index in [9.17, 15) is 5.11 Å². The first-order valence-corrected chi connectivity index (χ1v) is 6.53. The summed E-state index contributed by atoms with van der Waals surface area (Å²) in [4.78, 5) is 3.58. The molecule has 1 aliphatic rings. The highest BCUT2D eigenvalue weighted by Crippen LogP contribution is 2.37. The predicted octanol–water partition coefficient (Wildman–Crippen LogP) is 2.36. The zero-order valence-electron chi connectivity index (χ0n) is 9.49. The lowest BCUT2D eigenvalue weighted by Crippen LogP contribution is -2.42. The molecule has 1 saturated heterocycles. The van der Waals surface area contributed by atoms with Crippen LogP contribution in [0.3, 0.4) is 0 Å². The summed E-state index contributed by atoms with van der Waals surface area (Å²) in [5, 5.41) is 12.7. The molecule has 1 aromatic heterocycles. The third-order valence-corrected chi connectivity index (χ3v) is 4.62. The SMILES string of the molecule is CCN1CCC(O)(c2sccc2C)CC1. The lowest BCUT2D eigenvalue weighted by molar-refractivity contribution is -0.0221. The van der Waals surface area contributed by atoms with Crippen molar-refractivity contribution in [1.29, 1.82) is 0 Å². The number of aliphatic hydroxyl groups is 1. The van der Waals surface area contributed by atoms with Crippen LogP contribution in [0.15, 0.2) is 11.4 Å². The van der Waals surface area contributed by atoms with Crippen LogP contribution in [0.5, 0.6) is 0 Å². The van der Waals surface area contributed by atoms with E-state index in [1.54, 1.807) is 11.3 Å². The van der Waals surface area contributed by atoms with Crippen molar-refractivity contribution in [3.05, 3.63) is 21.9 Å². The van der Waals surface area contributed by atoms with Crippen molar-refractivity contribution in [3.63, 3.8) is 0 Å². The summed E-state index contributed by atoms with van der Waals surface area (Å²) in [6.45, 7) is 7.41. The molecule has 0 aromatic carbocycles. The van der Waals surface area contributed by atoms with E-state index in [1.165, 1.54) is 10.4 Å². The first kappa shape index (κ1) is 11.1. The number of nitrogens with zero attached hydrogens (tertiary/aromatic N) is 1. The van der Waals surface area contributed by atoms with Gasteiger partial charge in [0.05, 0.1) is 0 Å². The molecule has 0 amide bonds. The molecule has 0 spiro atoms. The molecular weight excluding hydrogens is 206 g/mol. The Morgan fingerprint density at radius 3 is 2.60 bits per heavy atom. The molecule has 0 saturated carbocycles. The highest BCUT2D eigenvalue weighted by molar-refractivity contribution is 7.10. The van der Waals surface area contributed by atoms with Crippen molar-refractivity contribution in [2.75, 3.05) is 19.6 Å². The summed E-state index contributed by atoms with van der Waals surface area (Å²) in [6, 6.07) is 2.10. The fourth-order valence-electron chi connectivity index (χ4n) is 2.32. The zero-order chi connectivity index (χ0) is 10.9. The van der Waals surface area contributed by atoms with Gasteiger partial charge in [0.1, 0.15) is 5.60 Å². The fourth-order valence-corrected chi connectivity index (χ4v) is 3.40. The molecule has 1 fully saturated rings. The van der Waals surface area contributed by atoms with E-state index in [2.05, 4.69) is 30.2 Å². The van der Waals surface area contributed by atoms with Gasteiger partial charge in [-0.25, -0.2) is 0 Å². The Hall–Kier alpha value is -0.380. The highest BCUT2D eigenvalue weighted by Gasteiger charge is 2.35. The maximum atomic E-state index is 10.6. The number of rotatable bonds is 2. The predicted molar refractivity (Wildman–Crippen MR) is 64.3 cm³/mol. The molecule has 1 N–H and O–H groups in total. The first-order valence-electron chi connectivity index (χ1n) is 5.65. The van der Waals surface area contributed by atoms with Crippen LogP contribution >= 0.6 is 11.3 Å². The molecule has 0 radical (unpaired) electrons. The minimum absolute atomic E-state index is 0.552. The van der Waals surface area contributed by atoms with Crippen LogP contribution in [-0.4, -0.2) is 29.6 Å². The largest absolute Gasteiger partial charge is 0.384 e. The van der Waals surface area contributed by atoms with Gasteiger partial charge in [0.2, 0.25) is 0 Å². The smallest absolute Gasteiger partial charge is 0.101 e. The zero-order valence-corrected chi connectivity index (χ0v) is 10.3. The highest BCUT2D eigenvalue weighted by atomic mass is 32.1. The van der Waals surface area contributed by atoms with Crippen molar-refractivity contribution < 1.29 is 5.11 Å². The van der Waals surface area contributed by atoms with Gasteiger partial charge in [-0.05, 0) is 43.3 Å². The number of aryl methyl sites for hydroxylation is 1. The molecule has 0 bridgehead atoms. The number of piperidine rings is 1. The molecule has 1 aromatic rings. The molecule has 3 heteroatoms. The van der Waals surface area contributed by atoms with Gasteiger partial charge in [0.25, 0.3) is 0 Å². The lowest BCUT2D eigenvalue weighted by Gasteiger charge is -2.37. The van der Waals surface area contributed by atoms with Gasteiger partial charge in [-0.2, -0.15) is 0 Å². The minimum atomic E-state index is -0.552. The monoisotopic (exact) mass is 225 g/mol. The van der Waals surface area contributed by atoms with Crippen LogP contribution in [0.4, 0.5) is 0 Å². The van der Waals surface area contributed by atoms with Crippen LogP contribution < -0.4 is 0 Å². The van der Waals surface area contributed by atoms with Gasteiger partial charge in [-0.1, -0.05) is 6.92 Å². The van der Waals surface area contributed by atoms with Gasteiger partial charge in [-0.15, -0.1) is 11.3 Å². The summed E-state index contributed by atoms with van der Waals surface area (Å²) in [5.74, 6) is 0. The van der Waals surface area contributed by atoms with Crippen LogP contribution in [0.25, 0.3) is 0 Å². The molecule has 84 valence electrons. The molecule has 2 rings (SSSR count). The molecule has 2 heterocycles. The van der Waals surface area contributed by atoms with E-state index in [-0.39, 0.29) is 0 Å². The summed E-state index contributed by atoms with van der Waals surface area (Å²) in [5.41, 5.74) is 0.691. The van der Waals surface area contributed by atoms with Gasteiger partial charge < -0.3 is 10.0 Å². The molecule has 1 aliphatic heterocycles. The lowest BCUT2D eigenvalue weighted by atomic mass is 9.88. The standard InChI is InChI=1S/C12H19NOS/c1-3-13-7-5-12(14,6-8-13)11-10(2)4-9-15-11/h4,9,14H,3,5-8H2,1-2H3. The molecule has 0 unspecified atom stereocenters. The van der Waals surface area contributed by atoms with Crippen molar-refractivity contribution in [2.24, 2.45) is 0 Å². The van der Waals surface area contributed by atoms with Crippen LogP contribution in [0.2, 0.25) is 0 Å². The van der Waals surface area contributed by atoms with E-state index in [1.807, 2.05) is 0 Å². The Balaban J connectivity index is 2.13. The third kappa shape index (κ3) is 2.10. The first-order chi connectivity index (χ1) is 7.15. The van der Waals surface area contributed by atoms with Crippen molar-refractivity contribution in [1.82, 2.24) is 4.90 Å². The normalized spacial score (nSPS) is 21.8. The molecule has 0 aliphatic carbocycles. The third-order valence-electron chi connectivity index (χ3n) is 3.42. The Morgan fingerprint density at radius 1 is 1.47 bits per heavy atom. The Morgan fingerprint density at radius 2 is 2.13 bits per heavy atom. The molecule has 15 heavy (non-hydrogen) atoms. The number of hydrogen-bond donors (Lipinski definition) is 1. The second-order valence-electron chi connectivity index (χ2n) is 4.40. The second kappa shape index (κ2) is 4.24. The fraction of sp³-hybridized carbons (Fsp3) is 0.667. The molecular formula is C12H19NOS. The van der Waals surface area contributed by atoms with E-state index in [4.69, 9.17) is 0 Å². The van der Waals surface area contributed by atoms with Crippen LogP contribution in [-0.2, 0) is 5.60 Å². The second-order valence-corrected chi connectivity index (χ2v) is 5.31. The van der Waals surface area contributed by atoms with Crippen molar-refractivity contribution in [3.8, 4) is 0 Å². The van der Waals surface area contributed by atoms with Crippen LogP contribution in [0, 0.1) is 6.92 Å². The molecule has 2 nitrogen and oxygen atoms in total. The van der Waals surface area contributed by atoms with E-state index >= 15 is 0 Å². The summed E-state index contributed by atoms with van der Waals surface area (Å²) >= 11 is 1.70. The topological polar surface area (TPSA) is 23.5 Å². The van der Waals surface area contributed by atoms with Gasteiger partial charge >= 0.3 is 0 Å². The number of hydrogen-bond acceptors (Lipinski definition) is 3. The van der Waals surface area contributed by atoms with E-state index in [0.717, 1.165) is 32.5 Å². The Bertz CT molecular complexity index is 326. The van der Waals surface area contributed by atoms with Gasteiger partial charge in [0, 0.05) is 18.0 Å². The van der Waals surface area contributed by atoms with E-state index < -0.39 is 5.60 Å². The Labute approximate surface area is 95.5 Å². The van der Waals surface area contributed by atoms with E-state index in [0.29, 0.717) is 0 Å². The summed E-state index contributed by atoms with van der Waals surface area (Å²) in [6.07, 6.45) is 1.75. The maximum Gasteiger partial charge on any atom is 0.101 e. The number of thiophene rings is 1. The maximum absolute atomic E-state index is 10.6. The number of likely N-dealkylation sites (tertiary alicyclic amines) is 1. The minimum Gasteiger partial charge on any atom is -0.384 e. The van der Waals surface area contributed by atoms with Crippen molar-refractivity contribution in [2.45, 2.75) is 32.3 Å². The van der Waals surface area contributed by atoms with Crippen molar-refractivity contribution >= 4 is 11.3 Å². The average molecular weight is 225 g/mol.